The smallest absolute Gasteiger partial charge is 0.423 e. The molecule has 18 heavy (non-hydrogen) atoms. The van der Waals surface area contributed by atoms with Gasteiger partial charge in [-0.15, -0.1) is 0 Å². The second-order valence-corrected chi connectivity index (χ2v) is 5.00. The summed E-state index contributed by atoms with van der Waals surface area (Å²) in [6, 6.07) is 9.99. The van der Waals surface area contributed by atoms with E-state index in [0.717, 1.165) is 6.42 Å². The predicted octanol–water partition coefficient (Wildman–Crippen LogP) is 1.55. The minimum absolute atomic E-state index is 0.566. The molecule has 0 spiro atoms. The second-order valence-electron chi connectivity index (χ2n) is 5.00. The summed E-state index contributed by atoms with van der Waals surface area (Å²) in [6.07, 6.45) is 0.888. The molecule has 0 radical (unpaired) electrons. The van der Waals surface area contributed by atoms with Crippen LogP contribution in [0.15, 0.2) is 30.3 Å². The molecule has 0 saturated heterocycles. The highest BCUT2D eigenvalue weighted by atomic mass is 16.4. The van der Waals surface area contributed by atoms with Gasteiger partial charge in [-0.2, -0.15) is 0 Å². The third-order valence-corrected chi connectivity index (χ3v) is 3.95. The Bertz CT molecular complexity index is 633. The van der Waals surface area contributed by atoms with Gasteiger partial charge >= 0.3 is 7.12 Å². The van der Waals surface area contributed by atoms with Gasteiger partial charge in [-0.1, -0.05) is 30.3 Å². The summed E-state index contributed by atoms with van der Waals surface area (Å²) in [5.41, 5.74) is 8.28. The van der Waals surface area contributed by atoms with Crippen molar-refractivity contribution < 1.29 is 10.0 Å². The molecule has 2 aromatic rings. The van der Waals surface area contributed by atoms with Gasteiger partial charge in [-0.05, 0) is 59.1 Å². The molecule has 0 amide bonds. The van der Waals surface area contributed by atoms with Crippen LogP contribution in [0.25, 0.3) is 11.1 Å². The molecule has 2 N–H and O–H groups in total. The van der Waals surface area contributed by atoms with Crippen LogP contribution in [0, 0.1) is 13.8 Å². The summed E-state index contributed by atoms with van der Waals surface area (Å²) >= 11 is 0. The van der Waals surface area contributed by atoms with Crippen LogP contribution in [0.5, 0.6) is 0 Å². The average molecular weight is 238 g/mol. The normalized spacial score (nSPS) is 12.2. The minimum atomic E-state index is -1.39. The maximum absolute atomic E-state index is 9.23. The van der Waals surface area contributed by atoms with Crippen LogP contribution in [0.1, 0.15) is 22.3 Å². The van der Waals surface area contributed by atoms with Crippen molar-refractivity contribution in [1.82, 2.24) is 0 Å². The second kappa shape index (κ2) is 3.97. The van der Waals surface area contributed by atoms with Gasteiger partial charge in [0.2, 0.25) is 0 Å². The Morgan fingerprint density at radius 1 is 1.00 bits per heavy atom. The quantitative estimate of drug-likeness (QED) is 0.631. The van der Waals surface area contributed by atoms with Gasteiger partial charge in [0, 0.05) is 0 Å². The highest BCUT2D eigenvalue weighted by Gasteiger charge is 2.22. The molecule has 0 unspecified atom stereocenters. The lowest BCUT2D eigenvalue weighted by atomic mass is 9.79. The molecule has 2 aromatic carbocycles. The first-order valence-electron chi connectivity index (χ1n) is 6.16. The summed E-state index contributed by atoms with van der Waals surface area (Å²) < 4.78 is 0. The summed E-state index contributed by atoms with van der Waals surface area (Å²) in [4.78, 5) is 0. The van der Waals surface area contributed by atoms with E-state index in [1.807, 2.05) is 12.1 Å². The van der Waals surface area contributed by atoms with Crippen molar-refractivity contribution in [1.29, 1.82) is 0 Å². The molecule has 0 heterocycles. The van der Waals surface area contributed by atoms with Crippen molar-refractivity contribution >= 4 is 12.6 Å². The molecule has 0 aliphatic heterocycles. The van der Waals surface area contributed by atoms with Crippen LogP contribution in [0.3, 0.4) is 0 Å². The molecule has 3 heteroatoms. The summed E-state index contributed by atoms with van der Waals surface area (Å²) in [6.45, 7) is 4.28. The molecule has 3 rings (SSSR count). The molecular weight excluding hydrogens is 223 g/mol. The van der Waals surface area contributed by atoms with E-state index in [1.54, 1.807) is 6.07 Å². The molecule has 0 saturated carbocycles. The minimum Gasteiger partial charge on any atom is -0.423 e. The molecule has 0 bridgehead atoms. The molecule has 1 aliphatic carbocycles. The van der Waals surface area contributed by atoms with Crippen LogP contribution in [-0.4, -0.2) is 17.2 Å². The van der Waals surface area contributed by atoms with E-state index in [2.05, 4.69) is 26.0 Å². The van der Waals surface area contributed by atoms with Crippen molar-refractivity contribution in [3.63, 3.8) is 0 Å². The molecule has 0 aromatic heterocycles. The molecular formula is C15H15BO2. The summed E-state index contributed by atoms with van der Waals surface area (Å²) in [5, 5.41) is 18.5. The highest BCUT2D eigenvalue weighted by molar-refractivity contribution is 6.58. The van der Waals surface area contributed by atoms with Gasteiger partial charge in [0.15, 0.2) is 0 Å². The Morgan fingerprint density at radius 2 is 1.72 bits per heavy atom. The standard InChI is InChI=1S/C15H15BO2/c1-9-3-5-14-13-6-4-12(16(17)18)7-11(13)8-15(14)10(9)2/h3-7,17-18H,8H2,1-2H3. The lowest BCUT2D eigenvalue weighted by Gasteiger charge is -2.07. The number of aryl methyl sites for hydroxylation is 1. The number of rotatable bonds is 1. The van der Waals surface area contributed by atoms with E-state index in [1.165, 1.54) is 33.4 Å². The Labute approximate surface area is 107 Å². The first kappa shape index (κ1) is 11.5. The molecule has 90 valence electrons. The fraction of sp³-hybridized carbons (Fsp3) is 0.200. The van der Waals surface area contributed by atoms with Crippen LogP contribution in [0.4, 0.5) is 0 Å². The highest BCUT2D eigenvalue weighted by Crippen LogP contribution is 2.38. The molecule has 2 nitrogen and oxygen atoms in total. The van der Waals surface area contributed by atoms with Crippen molar-refractivity contribution in [3.8, 4) is 11.1 Å². The monoisotopic (exact) mass is 238 g/mol. The predicted molar refractivity (Wildman–Crippen MR) is 74.0 cm³/mol. The first-order chi connectivity index (χ1) is 8.58. The fourth-order valence-corrected chi connectivity index (χ4v) is 2.73. The largest absolute Gasteiger partial charge is 0.488 e. The average Bonchev–Trinajstić information content (AvgIpc) is 2.72. The Kier molecular flexibility index (Phi) is 2.54. The van der Waals surface area contributed by atoms with Crippen LogP contribution in [-0.2, 0) is 6.42 Å². The SMILES string of the molecule is Cc1ccc2c(c1C)Cc1cc(B(O)O)ccc1-2. The Morgan fingerprint density at radius 3 is 2.44 bits per heavy atom. The molecule has 1 aliphatic rings. The van der Waals surface area contributed by atoms with Crippen LogP contribution >= 0.6 is 0 Å². The maximum atomic E-state index is 9.23. The van der Waals surface area contributed by atoms with Gasteiger partial charge < -0.3 is 10.0 Å². The van der Waals surface area contributed by atoms with Crippen molar-refractivity contribution in [3.05, 3.63) is 52.6 Å². The third-order valence-electron chi connectivity index (χ3n) is 3.95. The lowest BCUT2D eigenvalue weighted by Crippen LogP contribution is -2.29. The van der Waals surface area contributed by atoms with E-state index in [4.69, 9.17) is 0 Å². The van der Waals surface area contributed by atoms with Gasteiger partial charge in [0.1, 0.15) is 0 Å². The first-order valence-corrected chi connectivity index (χ1v) is 6.16. The topological polar surface area (TPSA) is 40.5 Å². The fourth-order valence-electron chi connectivity index (χ4n) is 2.73. The zero-order chi connectivity index (χ0) is 12.9. The van der Waals surface area contributed by atoms with E-state index >= 15 is 0 Å². The zero-order valence-electron chi connectivity index (χ0n) is 10.6. The number of hydrogen-bond acceptors (Lipinski definition) is 2. The van der Waals surface area contributed by atoms with Crippen molar-refractivity contribution in [2.45, 2.75) is 20.3 Å². The van der Waals surface area contributed by atoms with Crippen LogP contribution in [0.2, 0.25) is 0 Å². The van der Waals surface area contributed by atoms with E-state index in [9.17, 15) is 10.0 Å². The summed E-state index contributed by atoms with van der Waals surface area (Å²) in [5.74, 6) is 0. The van der Waals surface area contributed by atoms with E-state index in [0.29, 0.717) is 5.46 Å². The van der Waals surface area contributed by atoms with Crippen LogP contribution < -0.4 is 5.46 Å². The van der Waals surface area contributed by atoms with Gasteiger partial charge in [0.05, 0.1) is 0 Å². The third kappa shape index (κ3) is 1.59. The molecule has 0 atom stereocenters. The Hall–Kier alpha value is -1.58. The molecule has 0 fully saturated rings. The Balaban J connectivity index is 2.16. The van der Waals surface area contributed by atoms with Gasteiger partial charge in [-0.3, -0.25) is 0 Å². The lowest BCUT2D eigenvalue weighted by molar-refractivity contribution is 0.426. The summed E-state index contributed by atoms with van der Waals surface area (Å²) in [7, 11) is -1.39. The van der Waals surface area contributed by atoms with Crippen molar-refractivity contribution in [2.75, 3.05) is 0 Å². The number of fused-ring (bicyclic) bond motifs is 3. The number of hydrogen-bond donors (Lipinski definition) is 2. The van der Waals surface area contributed by atoms with Gasteiger partial charge in [-0.25, -0.2) is 0 Å². The van der Waals surface area contributed by atoms with E-state index in [-0.39, 0.29) is 0 Å². The maximum Gasteiger partial charge on any atom is 0.488 e. The van der Waals surface area contributed by atoms with Crippen molar-refractivity contribution in [2.24, 2.45) is 0 Å². The van der Waals surface area contributed by atoms with Gasteiger partial charge in [0.25, 0.3) is 0 Å². The zero-order valence-corrected chi connectivity index (χ0v) is 10.6. The van der Waals surface area contributed by atoms with E-state index < -0.39 is 7.12 Å². The number of benzene rings is 2.